The molecule has 4 nitrogen and oxygen atoms in total. The summed E-state index contributed by atoms with van der Waals surface area (Å²) in [5.41, 5.74) is 6.35. The van der Waals surface area contributed by atoms with Crippen molar-refractivity contribution in [2.45, 2.75) is 49.9 Å². The van der Waals surface area contributed by atoms with Crippen LogP contribution in [0.4, 0.5) is 0 Å². The molecule has 1 saturated heterocycles. The van der Waals surface area contributed by atoms with Gasteiger partial charge < -0.3 is 5.73 Å². The molecule has 2 N–H and O–H groups in total. The number of hydrogen-bond acceptors (Lipinski definition) is 5. The van der Waals surface area contributed by atoms with Crippen LogP contribution in [0, 0.1) is 0 Å². The van der Waals surface area contributed by atoms with Gasteiger partial charge in [0, 0.05) is 35.9 Å². The Morgan fingerprint density at radius 3 is 2.68 bits per heavy atom. The molecular formula is C13H26N2O2S2. The molecule has 2 aliphatic rings. The van der Waals surface area contributed by atoms with Crippen LogP contribution in [0.1, 0.15) is 39.0 Å². The summed E-state index contributed by atoms with van der Waals surface area (Å²) in [6, 6.07) is 0. The monoisotopic (exact) mass is 306 g/mol. The van der Waals surface area contributed by atoms with Crippen molar-refractivity contribution < 1.29 is 8.42 Å². The van der Waals surface area contributed by atoms with E-state index in [1.54, 1.807) is 18.7 Å². The molecule has 0 radical (unpaired) electrons. The smallest absolute Gasteiger partial charge is 0.166 e. The maximum Gasteiger partial charge on any atom is 0.166 e. The lowest BCUT2D eigenvalue weighted by Crippen LogP contribution is -2.50. The quantitative estimate of drug-likeness (QED) is 0.833. The molecule has 0 amide bonds. The van der Waals surface area contributed by atoms with Gasteiger partial charge in [-0.15, -0.1) is 0 Å². The van der Waals surface area contributed by atoms with Gasteiger partial charge in [0.05, 0.1) is 0 Å². The first kappa shape index (κ1) is 15.6. The van der Waals surface area contributed by atoms with E-state index in [-0.39, 0.29) is 16.7 Å². The summed E-state index contributed by atoms with van der Waals surface area (Å²) in [6.07, 6.45) is 5.58. The third kappa shape index (κ3) is 3.86. The molecule has 19 heavy (non-hydrogen) atoms. The van der Waals surface area contributed by atoms with Crippen LogP contribution in [0.3, 0.4) is 0 Å². The van der Waals surface area contributed by atoms with Gasteiger partial charge in [0.1, 0.15) is 5.37 Å². The molecule has 0 aromatic carbocycles. The van der Waals surface area contributed by atoms with E-state index >= 15 is 0 Å². The highest BCUT2D eigenvalue weighted by atomic mass is 32.2. The lowest BCUT2D eigenvalue weighted by Gasteiger charge is -2.36. The van der Waals surface area contributed by atoms with Gasteiger partial charge in [-0.1, -0.05) is 19.8 Å². The summed E-state index contributed by atoms with van der Waals surface area (Å²) in [5, 5.41) is -0.291. The molecule has 0 aromatic rings. The fourth-order valence-corrected chi connectivity index (χ4v) is 6.20. The van der Waals surface area contributed by atoms with Crippen LogP contribution in [0.25, 0.3) is 0 Å². The van der Waals surface area contributed by atoms with Gasteiger partial charge in [-0.2, -0.15) is 11.8 Å². The second kappa shape index (κ2) is 6.33. The van der Waals surface area contributed by atoms with Gasteiger partial charge in [-0.3, -0.25) is 4.90 Å². The topological polar surface area (TPSA) is 63.4 Å². The molecule has 0 spiro atoms. The van der Waals surface area contributed by atoms with Crippen molar-refractivity contribution in [3.05, 3.63) is 0 Å². The number of hydrogen-bond donors (Lipinski definition) is 1. The van der Waals surface area contributed by atoms with E-state index in [0.29, 0.717) is 5.75 Å². The molecule has 0 aromatic heterocycles. The molecule has 1 aliphatic heterocycles. The number of nitrogens with zero attached hydrogens (tertiary/aromatic N) is 1. The summed E-state index contributed by atoms with van der Waals surface area (Å²) < 4.78 is 24.3. The molecule has 112 valence electrons. The van der Waals surface area contributed by atoms with E-state index < -0.39 is 9.84 Å². The van der Waals surface area contributed by atoms with Crippen LogP contribution in [0.5, 0.6) is 0 Å². The number of rotatable bonds is 5. The number of thioether (sulfide) groups is 1. The third-order valence-corrected chi connectivity index (χ3v) is 7.84. The van der Waals surface area contributed by atoms with Gasteiger partial charge in [0.25, 0.3) is 0 Å². The molecule has 2 fully saturated rings. The van der Waals surface area contributed by atoms with Gasteiger partial charge in [0.2, 0.25) is 0 Å². The molecule has 1 aliphatic carbocycles. The largest absolute Gasteiger partial charge is 0.325 e. The van der Waals surface area contributed by atoms with E-state index in [9.17, 15) is 8.42 Å². The van der Waals surface area contributed by atoms with Gasteiger partial charge in [0.15, 0.2) is 9.84 Å². The van der Waals surface area contributed by atoms with Crippen molar-refractivity contribution in [1.82, 2.24) is 4.90 Å². The van der Waals surface area contributed by atoms with Crippen LogP contribution in [-0.2, 0) is 9.84 Å². The summed E-state index contributed by atoms with van der Waals surface area (Å²) in [7, 11) is -2.97. The lowest BCUT2D eigenvalue weighted by atomic mass is 9.94. The average molecular weight is 306 g/mol. The molecule has 0 bridgehead atoms. The van der Waals surface area contributed by atoms with Crippen LogP contribution < -0.4 is 5.73 Å². The zero-order chi connectivity index (χ0) is 13.9. The zero-order valence-corrected chi connectivity index (χ0v) is 13.4. The van der Waals surface area contributed by atoms with Crippen molar-refractivity contribution in [1.29, 1.82) is 0 Å². The molecule has 1 heterocycles. The molecule has 6 heteroatoms. The van der Waals surface area contributed by atoms with Crippen molar-refractivity contribution in [3.8, 4) is 0 Å². The second-order valence-electron chi connectivity index (χ2n) is 5.84. The van der Waals surface area contributed by atoms with E-state index in [4.69, 9.17) is 5.73 Å². The second-order valence-corrected chi connectivity index (χ2v) is 9.43. The first-order valence-corrected chi connectivity index (χ1v) is 10.2. The minimum absolute atomic E-state index is 0.0366. The van der Waals surface area contributed by atoms with Crippen molar-refractivity contribution in [3.63, 3.8) is 0 Å². The third-order valence-electron chi connectivity index (χ3n) is 4.50. The first-order chi connectivity index (χ1) is 8.97. The fourth-order valence-electron chi connectivity index (χ4n) is 3.09. The highest BCUT2D eigenvalue weighted by Gasteiger charge is 2.35. The van der Waals surface area contributed by atoms with Crippen LogP contribution >= 0.6 is 11.8 Å². The number of nitrogens with two attached hydrogens (primary N) is 1. The Morgan fingerprint density at radius 1 is 1.37 bits per heavy atom. The van der Waals surface area contributed by atoms with E-state index in [1.807, 2.05) is 0 Å². The molecular weight excluding hydrogens is 280 g/mol. The predicted octanol–water partition coefficient (Wildman–Crippen LogP) is 1.46. The summed E-state index contributed by atoms with van der Waals surface area (Å²) in [6.45, 7) is 3.46. The Balaban J connectivity index is 1.96. The summed E-state index contributed by atoms with van der Waals surface area (Å²) in [4.78, 5) is 2.16. The Hall–Kier alpha value is 0.220. The van der Waals surface area contributed by atoms with Crippen molar-refractivity contribution in [2.24, 2.45) is 5.73 Å². The highest BCUT2D eigenvalue weighted by molar-refractivity contribution is 8.01. The summed E-state index contributed by atoms with van der Waals surface area (Å²) >= 11 is 1.75. The minimum Gasteiger partial charge on any atom is -0.325 e. The Bertz CT molecular complexity index is 391. The standard InChI is InChI=1S/C13H26N2O2S2/c1-2-19(16,17)12-11-18-10-9-15(12)8-7-13(14)5-3-4-6-13/h12H,2-11,14H2,1H3. The fraction of sp³-hybridized carbons (Fsp3) is 1.00. The molecule has 2 rings (SSSR count). The Labute approximate surface area is 121 Å². The minimum atomic E-state index is -2.97. The predicted molar refractivity (Wildman–Crippen MR) is 82.2 cm³/mol. The van der Waals surface area contributed by atoms with E-state index in [0.717, 1.165) is 38.1 Å². The van der Waals surface area contributed by atoms with E-state index in [2.05, 4.69) is 4.90 Å². The molecule has 1 saturated carbocycles. The normalized spacial score (nSPS) is 28.6. The van der Waals surface area contributed by atoms with Gasteiger partial charge >= 0.3 is 0 Å². The maximum atomic E-state index is 12.2. The highest BCUT2D eigenvalue weighted by Crippen LogP contribution is 2.31. The van der Waals surface area contributed by atoms with Gasteiger partial charge in [-0.05, 0) is 19.3 Å². The average Bonchev–Trinajstić information content (AvgIpc) is 2.84. The Kier molecular flexibility index (Phi) is 5.20. The van der Waals surface area contributed by atoms with Crippen molar-refractivity contribution >= 4 is 21.6 Å². The lowest BCUT2D eigenvalue weighted by molar-refractivity contribution is 0.235. The Morgan fingerprint density at radius 2 is 2.05 bits per heavy atom. The van der Waals surface area contributed by atoms with Crippen LogP contribution in [-0.4, -0.2) is 54.6 Å². The SMILES string of the molecule is CCS(=O)(=O)C1CSCCN1CCC1(N)CCCC1. The maximum absolute atomic E-state index is 12.2. The molecule has 1 atom stereocenters. The first-order valence-electron chi connectivity index (χ1n) is 7.29. The van der Waals surface area contributed by atoms with E-state index in [1.165, 1.54) is 12.8 Å². The zero-order valence-electron chi connectivity index (χ0n) is 11.8. The number of sulfone groups is 1. The summed E-state index contributed by atoms with van der Waals surface area (Å²) in [5.74, 6) is 1.99. The van der Waals surface area contributed by atoms with Crippen LogP contribution in [0.15, 0.2) is 0 Å². The van der Waals surface area contributed by atoms with Gasteiger partial charge in [-0.25, -0.2) is 8.42 Å². The van der Waals surface area contributed by atoms with Crippen LogP contribution in [0.2, 0.25) is 0 Å². The molecule has 1 unspecified atom stereocenters. The van der Waals surface area contributed by atoms with Crippen molar-refractivity contribution in [2.75, 3.05) is 30.3 Å².